The molecule has 10 heteroatoms. The predicted octanol–water partition coefficient (Wildman–Crippen LogP) is 3.04. The van der Waals surface area contributed by atoms with Gasteiger partial charge >= 0.3 is 0 Å². The zero-order valence-corrected chi connectivity index (χ0v) is 17.7. The number of phenols is 1. The molecule has 3 aromatic rings. The Morgan fingerprint density at radius 3 is 2.17 bits per heavy atom. The van der Waals surface area contributed by atoms with Crippen molar-refractivity contribution in [3.63, 3.8) is 0 Å². The summed E-state index contributed by atoms with van der Waals surface area (Å²) in [7, 11) is 6.18. The minimum Gasteiger partial charge on any atom is -0.504 e. The highest BCUT2D eigenvalue weighted by atomic mass is 32.2. The average molecular weight is 428 g/mol. The van der Waals surface area contributed by atoms with Gasteiger partial charge < -0.3 is 24.1 Å². The fourth-order valence-electron chi connectivity index (χ4n) is 3.13. The van der Waals surface area contributed by atoms with Gasteiger partial charge in [0, 0.05) is 16.9 Å². The topological polar surface area (TPSA) is 100 Å². The van der Waals surface area contributed by atoms with Crippen molar-refractivity contribution >= 4 is 17.5 Å². The molecule has 9 nitrogen and oxygen atoms in total. The van der Waals surface area contributed by atoms with Gasteiger partial charge in [0.2, 0.25) is 10.9 Å². The maximum atomic E-state index is 10.1. The molecule has 2 aromatic carbocycles. The zero-order valence-electron chi connectivity index (χ0n) is 16.9. The lowest BCUT2D eigenvalue weighted by Gasteiger charge is -2.16. The number of thioether (sulfide) groups is 1. The molecule has 1 aliphatic rings. The number of aromatic hydroxyl groups is 1. The molecule has 1 N–H and O–H groups in total. The molecule has 0 amide bonds. The Morgan fingerprint density at radius 2 is 1.57 bits per heavy atom. The highest BCUT2D eigenvalue weighted by molar-refractivity contribution is 7.99. The van der Waals surface area contributed by atoms with Crippen LogP contribution in [0.3, 0.4) is 0 Å². The molecule has 0 bridgehead atoms. The predicted molar refractivity (Wildman–Crippen MR) is 112 cm³/mol. The highest BCUT2D eigenvalue weighted by Crippen LogP contribution is 2.41. The Balaban J connectivity index is 1.80. The molecule has 4 rings (SSSR count). The lowest BCUT2D eigenvalue weighted by atomic mass is 10.1. The van der Waals surface area contributed by atoms with Gasteiger partial charge in [-0.3, -0.25) is 0 Å². The van der Waals surface area contributed by atoms with E-state index in [1.54, 1.807) is 50.3 Å². The first-order valence-electron chi connectivity index (χ1n) is 8.93. The minimum absolute atomic E-state index is 0.0575. The zero-order chi connectivity index (χ0) is 21.3. The number of methoxy groups -OCH3 is 4. The van der Waals surface area contributed by atoms with Gasteiger partial charge in [-0.05, 0) is 30.3 Å². The van der Waals surface area contributed by atoms with Gasteiger partial charge in [-0.25, -0.2) is 0 Å². The second kappa shape index (κ2) is 8.15. The van der Waals surface area contributed by atoms with Crippen LogP contribution in [0.15, 0.2) is 40.6 Å². The number of nitrogens with zero attached hydrogens (tertiary/aromatic N) is 4. The van der Waals surface area contributed by atoms with Crippen molar-refractivity contribution < 1.29 is 24.1 Å². The van der Waals surface area contributed by atoms with Crippen molar-refractivity contribution in [1.29, 1.82) is 0 Å². The molecule has 0 spiro atoms. The Bertz CT molecular complexity index is 1100. The van der Waals surface area contributed by atoms with E-state index in [0.29, 0.717) is 45.3 Å². The van der Waals surface area contributed by atoms with Crippen LogP contribution in [-0.2, 0) is 0 Å². The van der Waals surface area contributed by atoms with Crippen LogP contribution < -0.4 is 18.9 Å². The summed E-state index contributed by atoms with van der Waals surface area (Å²) in [5.74, 6) is 3.11. The van der Waals surface area contributed by atoms with Crippen molar-refractivity contribution in [3.8, 4) is 40.1 Å². The number of rotatable bonds is 6. The molecule has 1 aromatic heterocycles. The molecule has 0 aliphatic carbocycles. The van der Waals surface area contributed by atoms with E-state index in [9.17, 15) is 5.11 Å². The maximum absolute atomic E-state index is 10.1. The number of hydrogen-bond acceptors (Lipinski definition) is 9. The molecule has 0 saturated carbocycles. The van der Waals surface area contributed by atoms with Crippen molar-refractivity contribution in [1.82, 2.24) is 14.9 Å². The van der Waals surface area contributed by atoms with E-state index in [1.807, 2.05) is 6.07 Å². The van der Waals surface area contributed by atoms with Gasteiger partial charge in [-0.15, -0.1) is 10.2 Å². The average Bonchev–Trinajstić information content (AvgIpc) is 3.21. The number of phenolic OH excluding ortho intramolecular Hbond substituents is 1. The third-order valence-corrected chi connectivity index (χ3v) is 5.54. The van der Waals surface area contributed by atoms with Crippen LogP contribution in [-0.4, -0.2) is 59.9 Å². The molecular weight excluding hydrogens is 408 g/mol. The van der Waals surface area contributed by atoms with Crippen molar-refractivity contribution in [3.05, 3.63) is 35.9 Å². The fourth-order valence-corrected chi connectivity index (χ4v) is 3.97. The smallest absolute Gasteiger partial charge is 0.212 e. The van der Waals surface area contributed by atoms with Crippen LogP contribution in [0, 0.1) is 0 Å². The van der Waals surface area contributed by atoms with Crippen LogP contribution in [0.25, 0.3) is 11.4 Å². The SMILES string of the molecule is COc1ccc(C2=Nn3c(nnc3-c3cc(OC)c(OC)c(OC)c3)SC2)cc1O. The van der Waals surface area contributed by atoms with Crippen molar-refractivity contribution in [2.75, 3.05) is 34.2 Å². The van der Waals surface area contributed by atoms with Gasteiger partial charge in [0.05, 0.1) is 34.2 Å². The number of hydrogen-bond donors (Lipinski definition) is 1. The normalized spacial score (nSPS) is 12.7. The second-order valence-corrected chi connectivity index (χ2v) is 7.20. The molecule has 1 aliphatic heterocycles. The fraction of sp³-hybridized carbons (Fsp3) is 0.250. The largest absolute Gasteiger partial charge is 0.504 e. The summed E-state index contributed by atoms with van der Waals surface area (Å²) < 4.78 is 23.1. The van der Waals surface area contributed by atoms with Gasteiger partial charge in [0.25, 0.3) is 0 Å². The monoisotopic (exact) mass is 428 g/mol. The van der Waals surface area contributed by atoms with Crippen LogP contribution in [0.1, 0.15) is 5.56 Å². The molecule has 0 fully saturated rings. The standard InChI is InChI=1S/C20H20N4O5S/c1-26-15-6-5-11(7-14(15)25)13-10-30-20-22-21-19(24(20)23-13)12-8-16(27-2)18(29-4)17(9-12)28-3/h5-9,25H,10H2,1-4H3. The van der Waals surface area contributed by atoms with Crippen LogP contribution in [0.5, 0.6) is 28.7 Å². The van der Waals surface area contributed by atoms with E-state index in [1.165, 1.54) is 18.9 Å². The third kappa shape index (κ3) is 3.39. The Labute approximate surface area is 177 Å². The summed E-state index contributed by atoms with van der Waals surface area (Å²) >= 11 is 1.51. The molecule has 0 saturated heterocycles. The van der Waals surface area contributed by atoms with E-state index in [4.69, 9.17) is 24.0 Å². The molecular formula is C20H20N4O5S. The van der Waals surface area contributed by atoms with Crippen LogP contribution >= 0.6 is 11.8 Å². The number of aromatic nitrogens is 3. The van der Waals surface area contributed by atoms with Gasteiger partial charge in [-0.1, -0.05) is 11.8 Å². The molecule has 0 unspecified atom stereocenters. The third-order valence-electron chi connectivity index (χ3n) is 4.61. The summed E-state index contributed by atoms with van der Waals surface area (Å²) in [6, 6.07) is 8.79. The van der Waals surface area contributed by atoms with Crippen molar-refractivity contribution in [2.24, 2.45) is 5.10 Å². The summed E-state index contributed by atoms with van der Waals surface area (Å²) in [5, 5.41) is 24.1. The summed E-state index contributed by atoms with van der Waals surface area (Å²) in [6.45, 7) is 0. The molecule has 2 heterocycles. The first-order chi connectivity index (χ1) is 14.6. The number of fused-ring (bicyclic) bond motifs is 1. The summed E-state index contributed by atoms with van der Waals surface area (Å²) in [6.07, 6.45) is 0. The summed E-state index contributed by atoms with van der Waals surface area (Å²) in [4.78, 5) is 0. The van der Waals surface area contributed by atoms with E-state index in [-0.39, 0.29) is 5.75 Å². The molecule has 156 valence electrons. The van der Waals surface area contributed by atoms with E-state index in [2.05, 4.69) is 10.2 Å². The van der Waals surface area contributed by atoms with E-state index >= 15 is 0 Å². The minimum atomic E-state index is 0.0575. The van der Waals surface area contributed by atoms with E-state index < -0.39 is 0 Å². The first kappa shape index (κ1) is 19.9. The Hall–Kier alpha value is -3.40. The Morgan fingerprint density at radius 1 is 0.867 bits per heavy atom. The van der Waals surface area contributed by atoms with Crippen LogP contribution in [0.2, 0.25) is 0 Å². The number of ether oxygens (including phenoxy) is 4. The van der Waals surface area contributed by atoms with Gasteiger partial charge in [-0.2, -0.15) is 9.78 Å². The lowest BCUT2D eigenvalue weighted by molar-refractivity contribution is 0.324. The van der Waals surface area contributed by atoms with Gasteiger partial charge in [0.15, 0.2) is 28.8 Å². The number of benzene rings is 2. The molecule has 0 atom stereocenters. The second-order valence-electron chi connectivity index (χ2n) is 6.25. The quantitative estimate of drug-likeness (QED) is 0.639. The molecule has 30 heavy (non-hydrogen) atoms. The lowest BCUT2D eigenvalue weighted by Crippen LogP contribution is -2.13. The highest BCUT2D eigenvalue weighted by Gasteiger charge is 2.23. The van der Waals surface area contributed by atoms with Gasteiger partial charge in [0.1, 0.15) is 0 Å². The summed E-state index contributed by atoms with van der Waals surface area (Å²) in [5.41, 5.74) is 2.28. The molecule has 0 radical (unpaired) electrons. The maximum Gasteiger partial charge on any atom is 0.212 e. The van der Waals surface area contributed by atoms with E-state index in [0.717, 1.165) is 11.3 Å². The first-order valence-corrected chi connectivity index (χ1v) is 9.92. The Kier molecular flexibility index (Phi) is 5.40. The van der Waals surface area contributed by atoms with Crippen molar-refractivity contribution in [2.45, 2.75) is 5.16 Å². The van der Waals surface area contributed by atoms with Crippen LogP contribution in [0.4, 0.5) is 0 Å².